The van der Waals surface area contributed by atoms with E-state index < -0.39 is 28.5 Å². The molecular formula is C41H49N3O8S. The van der Waals surface area contributed by atoms with Crippen molar-refractivity contribution in [3.8, 4) is 23.0 Å². The molecule has 0 bridgehead atoms. The van der Waals surface area contributed by atoms with Crippen LogP contribution >= 0.6 is 0 Å². The lowest BCUT2D eigenvalue weighted by Gasteiger charge is -2.35. The van der Waals surface area contributed by atoms with E-state index >= 15 is 4.79 Å². The number of hydrogen-bond donors (Lipinski definition) is 1. The van der Waals surface area contributed by atoms with Crippen LogP contribution in [0.3, 0.4) is 0 Å². The van der Waals surface area contributed by atoms with Gasteiger partial charge >= 0.3 is 0 Å². The van der Waals surface area contributed by atoms with Crippen molar-refractivity contribution >= 4 is 27.5 Å². The summed E-state index contributed by atoms with van der Waals surface area (Å²) in [5, 5.41) is 3.25. The van der Waals surface area contributed by atoms with Crippen molar-refractivity contribution < 1.29 is 37.0 Å². The lowest BCUT2D eigenvalue weighted by molar-refractivity contribution is -0.140. The Morgan fingerprint density at radius 1 is 0.774 bits per heavy atom. The SMILES string of the molecule is COc1ccc(OC)c(N(CC(=O)N(Cc2ccccc2C)C(Cc2ccccc2)C(=O)NC2CCCCC2)S(=O)(=O)c2ccc(OC)c(OC)c2)c1. The molecule has 4 aromatic rings. The van der Waals surface area contributed by atoms with Gasteiger partial charge in [0.25, 0.3) is 10.0 Å². The van der Waals surface area contributed by atoms with E-state index in [1.807, 2.05) is 61.5 Å². The third-order valence-corrected chi connectivity index (χ3v) is 11.5. The smallest absolute Gasteiger partial charge is 0.265 e. The molecule has 0 heterocycles. The first-order valence-corrected chi connectivity index (χ1v) is 19.2. The Morgan fingerprint density at radius 3 is 2.09 bits per heavy atom. The van der Waals surface area contributed by atoms with E-state index in [1.54, 1.807) is 12.1 Å². The minimum atomic E-state index is -4.49. The van der Waals surface area contributed by atoms with Gasteiger partial charge in [0.05, 0.1) is 39.0 Å². The first-order chi connectivity index (χ1) is 25.6. The maximum Gasteiger partial charge on any atom is 0.265 e. The predicted octanol–water partition coefficient (Wildman–Crippen LogP) is 6.31. The summed E-state index contributed by atoms with van der Waals surface area (Å²) in [6, 6.07) is 25.2. The topological polar surface area (TPSA) is 124 Å². The molecule has 53 heavy (non-hydrogen) atoms. The molecule has 1 aliphatic carbocycles. The van der Waals surface area contributed by atoms with Gasteiger partial charge in [0.2, 0.25) is 11.8 Å². The van der Waals surface area contributed by atoms with E-state index in [1.165, 1.54) is 57.6 Å². The lowest BCUT2D eigenvalue weighted by atomic mass is 9.94. The summed E-state index contributed by atoms with van der Waals surface area (Å²) < 4.78 is 52.5. The van der Waals surface area contributed by atoms with Gasteiger partial charge < -0.3 is 29.2 Å². The second kappa shape index (κ2) is 18.0. The molecule has 0 aliphatic heterocycles. The van der Waals surface area contributed by atoms with Gasteiger partial charge in [0.1, 0.15) is 24.1 Å². The molecule has 0 radical (unpaired) electrons. The first-order valence-electron chi connectivity index (χ1n) is 17.7. The number of hydrogen-bond acceptors (Lipinski definition) is 8. The van der Waals surface area contributed by atoms with Crippen LogP contribution in [0.1, 0.15) is 48.8 Å². The van der Waals surface area contributed by atoms with Crippen molar-refractivity contribution in [3.05, 3.63) is 108 Å². The minimum absolute atomic E-state index is 0.00656. The molecule has 2 amide bonds. The highest BCUT2D eigenvalue weighted by molar-refractivity contribution is 7.92. The maximum absolute atomic E-state index is 15.0. The number of sulfonamides is 1. The van der Waals surface area contributed by atoms with Crippen LogP contribution in [0.2, 0.25) is 0 Å². The number of anilines is 1. The summed E-state index contributed by atoms with van der Waals surface area (Å²) in [6.07, 6.45) is 5.11. The van der Waals surface area contributed by atoms with E-state index in [-0.39, 0.29) is 47.0 Å². The van der Waals surface area contributed by atoms with Gasteiger partial charge in [-0.15, -0.1) is 0 Å². The number of carbonyl (C=O) groups is 2. The van der Waals surface area contributed by atoms with Crippen LogP contribution < -0.4 is 28.6 Å². The van der Waals surface area contributed by atoms with Crippen molar-refractivity contribution in [2.75, 3.05) is 39.3 Å². The van der Waals surface area contributed by atoms with E-state index in [0.717, 1.165) is 53.1 Å². The predicted molar refractivity (Wildman–Crippen MR) is 204 cm³/mol. The van der Waals surface area contributed by atoms with E-state index in [2.05, 4.69) is 5.32 Å². The second-order valence-corrected chi connectivity index (χ2v) is 14.9. The number of nitrogens with one attached hydrogen (secondary N) is 1. The minimum Gasteiger partial charge on any atom is -0.497 e. The summed E-state index contributed by atoms with van der Waals surface area (Å²) in [7, 11) is 1.26. The van der Waals surface area contributed by atoms with Crippen LogP contribution in [-0.2, 0) is 32.6 Å². The van der Waals surface area contributed by atoms with E-state index in [9.17, 15) is 13.2 Å². The molecule has 4 aromatic carbocycles. The maximum atomic E-state index is 15.0. The van der Waals surface area contributed by atoms with Gasteiger partial charge in [-0.05, 0) is 60.7 Å². The molecule has 1 N–H and O–H groups in total. The Labute approximate surface area is 312 Å². The molecule has 1 atom stereocenters. The van der Waals surface area contributed by atoms with Crippen LogP contribution in [0.15, 0.2) is 95.9 Å². The van der Waals surface area contributed by atoms with Crippen molar-refractivity contribution in [2.45, 2.75) is 69.0 Å². The molecule has 1 aliphatic rings. The van der Waals surface area contributed by atoms with Crippen LogP contribution in [0.25, 0.3) is 0 Å². The fraction of sp³-hybridized carbons (Fsp3) is 0.366. The molecule has 12 heteroatoms. The number of methoxy groups -OCH3 is 4. The summed E-state index contributed by atoms with van der Waals surface area (Å²) in [6.45, 7) is 1.36. The van der Waals surface area contributed by atoms with Crippen LogP contribution in [0.4, 0.5) is 5.69 Å². The van der Waals surface area contributed by atoms with Gasteiger partial charge in [-0.3, -0.25) is 13.9 Å². The molecule has 5 rings (SSSR count). The number of rotatable bonds is 16. The average molecular weight is 744 g/mol. The average Bonchev–Trinajstić information content (AvgIpc) is 3.18. The Bertz CT molecular complexity index is 1970. The summed E-state index contributed by atoms with van der Waals surface area (Å²) in [5.74, 6) is 0.222. The fourth-order valence-corrected chi connectivity index (χ4v) is 8.11. The highest BCUT2D eigenvalue weighted by Gasteiger charge is 2.37. The zero-order chi connectivity index (χ0) is 38.0. The van der Waals surface area contributed by atoms with Gasteiger partial charge in [-0.25, -0.2) is 8.42 Å². The summed E-state index contributed by atoms with van der Waals surface area (Å²) in [5.41, 5.74) is 2.71. The van der Waals surface area contributed by atoms with Crippen LogP contribution in [-0.4, -0.2) is 72.2 Å². The Balaban J connectivity index is 1.64. The molecule has 0 spiro atoms. The molecule has 0 saturated heterocycles. The molecule has 1 saturated carbocycles. The highest BCUT2D eigenvalue weighted by Crippen LogP contribution is 2.38. The monoisotopic (exact) mass is 743 g/mol. The largest absolute Gasteiger partial charge is 0.497 e. The normalized spacial score (nSPS) is 13.8. The van der Waals surface area contributed by atoms with Crippen molar-refractivity contribution in [1.29, 1.82) is 0 Å². The standard InChI is InChI=1S/C41H49N3O8S/c1-29-14-12-13-17-31(29)27-43(36(24-30-15-8-6-9-16-30)41(46)42-32-18-10-7-11-19-32)40(45)28-44(35-25-33(49-2)20-22-37(35)50-3)53(47,48)34-21-23-38(51-4)39(26-34)52-5/h6,8-9,12-17,20-23,25-26,32,36H,7,10-11,18-19,24,27-28H2,1-5H3,(H,42,46). The van der Waals surface area contributed by atoms with Crippen molar-refractivity contribution in [3.63, 3.8) is 0 Å². The quantitative estimate of drug-likeness (QED) is 0.142. The van der Waals surface area contributed by atoms with Gasteiger partial charge in [0.15, 0.2) is 11.5 Å². The third-order valence-electron chi connectivity index (χ3n) is 9.70. The second-order valence-electron chi connectivity index (χ2n) is 13.1. The van der Waals surface area contributed by atoms with Crippen LogP contribution in [0, 0.1) is 6.92 Å². The number of benzene rings is 4. The van der Waals surface area contributed by atoms with Crippen LogP contribution in [0.5, 0.6) is 23.0 Å². The first kappa shape index (κ1) is 39.0. The summed E-state index contributed by atoms with van der Waals surface area (Å²) >= 11 is 0. The van der Waals surface area contributed by atoms with Gasteiger partial charge in [-0.1, -0.05) is 73.9 Å². The highest BCUT2D eigenvalue weighted by atomic mass is 32.2. The van der Waals surface area contributed by atoms with Crippen molar-refractivity contribution in [2.24, 2.45) is 0 Å². The number of aryl methyl sites for hydroxylation is 1. The molecule has 1 fully saturated rings. The van der Waals surface area contributed by atoms with Gasteiger partial charge in [-0.2, -0.15) is 0 Å². The number of carbonyl (C=O) groups excluding carboxylic acids is 2. The lowest BCUT2D eigenvalue weighted by Crippen LogP contribution is -2.55. The molecular weight excluding hydrogens is 695 g/mol. The Kier molecular flexibility index (Phi) is 13.2. The number of ether oxygens (including phenoxy) is 4. The fourth-order valence-electron chi connectivity index (χ4n) is 6.68. The zero-order valence-electron chi connectivity index (χ0n) is 31.0. The van der Waals surface area contributed by atoms with Crippen molar-refractivity contribution in [1.82, 2.24) is 10.2 Å². The molecule has 11 nitrogen and oxygen atoms in total. The Morgan fingerprint density at radius 2 is 1.43 bits per heavy atom. The van der Waals surface area contributed by atoms with Gasteiger partial charge in [0, 0.05) is 31.1 Å². The van der Waals surface area contributed by atoms with E-state index in [4.69, 9.17) is 18.9 Å². The third kappa shape index (κ3) is 9.42. The summed E-state index contributed by atoms with van der Waals surface area (Å²) in [4.78, 5) is 30.8. The Hall–Kier alpha value is -5.23. The molecule has 282 valence electrons. The van der Waals surface area contributed by atoms with E-state index in [0.29, 0.717) is 11.5 Å². The molecule has 1 unspecified atom stereocenters. The number of amides is 2. The zero-order valence-corrected chi connectivity index (χ0v) is 31.9. The molecule has 0 aromatic heterocycles. The number of nitrogens with zero attached hydrogens (tertiary/aromatic N) is 2.